The molecule has 0 aromatic heterocycles. The Morgan fingerprint density at radius 2 is 1.04 bits per heavy atom. The van der Waals surface area contributed by atoms with Gasteiger partial charge in [0.2, 0.25) is 0 Å². The molecule has 0 saturated carbocycles. The quantitative estimate of drug-likeness (QED) is 0.259. The first-order chi connectivity index (χ1) is 13.4. The van der Waals surface area contributed by atoms with Crippen LogP contribution in [0, 0.1) is 0 Å². The Morgan fingerprint density at radius 3 is 1.54 bits per heavy atom. The number of hydrogen-bond acceptors (Lipinski definition) is 0. The summed E-state index contributed by atoms with van der Waals surface area (Å²) in [5.74, 6) is 0. The van der Waals surface area contributed by atoms with Crippen LogP contribution in [0.4, 0.5) is 0 Å². The molecule has 0 bridgehead atoms. The Morgan fingerprint density at radius 1 is 0.500 bits per heavy atom. The maximum absolute atomic E-state index is 2.20. The molecule has 0 aliphatic rings. The van der Waals surface area contributed by atoms with Crippen LogP contribution in [0.5, 0.6) is 0 Å². The van der Waals surface area contributed by atoms with Gasteiger partial charge in [0.25, 0.3) is 0 Å². The number of benzene rings is 3. The van der Waals surface area contributed by atoms with Crippen molar-refractivity contribution in [3.05, 3.63) is 133 Å². The van der Waals surface area contributed by atoms with Gasteiger partial charge in [-0.1, -0.05) is 77.1 Å². The molecule has 0 nitrogen and oxygen atoms in total. The van der Waals surface area contributed by atoms with Crippen LogP contribution in [0.1, 0.15) is 0 Å². The van der Waals surface area contributed by atoms with Gasteiger partial charge >= 0.3 is 26.2 Å². The molecule has 0 amide bonds. The minimum Gasteiger partial charge on any atom is -0.214 e. The Kier molecular flexibility index (Phi) is 10.2. The zero-order chi connectivity index (χ0) is 18.6. The van der Waals surface area contributed by atoms with Crippen LogP contribution in [-0.4, -0.2) is 9.52 Å². The van der Waals surface area contributed by atoms with Crippen LogP contribution in [0.2, 0.25) is 0 Å². The molecule has 0 aliphatic carbocycles. The molecule has 5 aromatic carbocycles. The van der Waals surface area contributed by atoms with Crippen LogP contribution in [-0.2, 0) is 26.2 Å². The number of rotatable bonds is 2. The summed E-state index contributed by atoms with van der Waals surface area (Å²) in [6, 6.07) is 46.0. The molecule has 0 fully saturated rings. The summed E-state index contributed by atoms with van der Waals surface area (Å²) in [6.45, 7) is 0. The van der Waals surface area contributed by atoms with Crippen molar-refractivity contribution >= 4 is 30.7 Å². The van der Waals surface area contributed by atoms with Gasteiger partial charge in [-0.05, 0) is 0 Å². The Balaban J connectivity index is 0.000000162. The Labute approximate surface area is 189 Å². The largest absolute Gasteiger partial charge is 2.00 e. The van der Waals surface area contributed by atoms with Crippen molar-refractivity contribution in [2.45, 2.75) is 0 Å². The van der Waals surface area contributed by atoms with Gasteiger partial charge in [0.1, 0.15) is 9.52 Å². The third-order valence-electron chi connectivity index (χ3n) is 4.04. The van der Waals surface area contributed by atoms with E-state index in [1.54, 1.807) is 0 Å². The van der Waals surface area contributed by atoms with Gasteiger partial charge in [0.05, 0.1) is 0 Å². The molecule has 1 radical (unpaired) electrons. The van der Waals surface area contributed by atoms with E-state index >= 15 is 0 Å². The van der Waals surface area contributed by atoms with Crippen molar-refractivity contribution in [1.82, 2.24) is 0 Å². The average molecular weight is 455 g/mol. The molecule has 0 unspecified atom stereocenters. The summed E-state index contributed by atoms with van der Waals surface area (Å²) in [4.78, 5) is 0. The standard InChI is InChI=1S/C12H11Si.C9H7.C5H5.Zr/c1-3-7-11(8-4-1)13-12-9-5-2-6-10-12;1-2-5-9-7-3-6-8(9)4-1;1-2-4-5-3-1;/h1-10,13H;1-7H;1-5H;/q;2*-1;+2. The molecule has 0 heterocycles. The normalized spacial score (nSPS) is 9.29. The first kappa shape index (κ1) is 22.0. The monoisotopic (exact) mass is 453 g/mol. The molecule has 0 spiro atoms. The molecule has 0 aliphatic heterocycles. The van der Waals surface area contributed by atoms with Crippen LogP contribution < -0.4 is 10.4 Å². The first-order valence-electron chi connectivity index (χ1n) is 9.14. The fourth-order valence-electron chi connectivity index (χ4n) is 2.68. The third kappa shape index (κ3) is 7.76. The van der Waals surface area contributed by atoms with E-state index in [2.05, 4.69) is 103 Å². The van der Waals surface area contributed by atoms with Crippen molar-refractivity contribution < 1.29 is 26.2 Å². The van der Waals surface area contributed by atoms with Crippen LogP contribution in [0.25, 0.3) is 10.8 Å². The van der Waals surface area contributed by atoms with Crippen molar-refractivity contribution in [2.24, 2.45) is 0 Å². The SMILES string of the molecule is [Zr+2].c1cc[cH-]c1.c1ccc([SiH]c2ccccc2)cc1.c1ccc2[cH-]ccc2c1. The van der Waals surface area contributed by atoms with Gasteiger partial charge < -0.3 is 0 Å². The molecule has 0 atom stereocenters. The minimum atomic E-state index is 0. The smallest absolute Gasteiger partial charge is 0.214 e. The molecule has 5 rings (SSSR count). The van der Waals surface area contributed by atoms with Gasteiger partial charge in [-0.25, -0.2) is 12.1 Å². The topological polar surface area (TPSA) is 0 Å². The maximum Gasteiger partial charge on any atom is 2.00 e. The Hall–Kier alpha value is -2.28. The van der Waals surface area contributed by atoms with Crippen molar-refractivity contribution in [3.63, 3.8) is 0 Å². The molecule has 0 saturated heterocycles. The minimum absolute atomic E-state index is 0. The van der Waals surface area contributed by atoms with E-state index < -0.39 is 0 Å². The zero-order valence-corrected chi connectivity index (χ0v) is 19.4. The molecule has 5 aromatic rings. The fraction of sp³-hybridized carbons (Fsp3) is 0. The summed E-state index contributed by atoms with van der Waals surface area (Å²) in [6.07, 6.45) is 0. The van der Waals surface area contributed by atoms with Crippen molar-refractivity contribution in [1.29, 1.82) is 0 Å². The first-order valence-corrected chi connectivity index (χ1v) is 10.3. The molecule has 135 valence electrons. The molecule has 28 heavy (non-hydrogen) atoms. The van der Waals surface area contributed by atoms with Gasteiger partial charge in [0, 0.05) is 0 Å². The number of hydrogen-bond donors (Lipinski definition) is 0. The van der Waals surface area contributed by atoms with E-state index in [1.165, 1.54) is 21.1 Å². The molecule has 2 heteroatoms. The average Bonchev–Trinajstić information content (AvgIpc) is 3.45. The van der Waals surface area contributed by atoms with Gasteiger partial charge in [0.15, 0.2) is 0 Å². The van der Waals surface area contributed by atoms with Crippen LogP contribution in [0.3, 0.4) is 0 Å². The second-order valence-corrected chi connectivity index (χ2v) is 7.70. The van der Waals surface area contributed by atoms with E-state index in [-0.39, 0.29) is 35.7 Å². The van der Waals surface area contributed by atoms with E-state index in [4.69, 9.17) is 0 Å². The van der Waals surface area contributed by atoms with Gasteiger partial charge in [-0.3, -0.25) is 0 Å². The van der Waals surface area contributed by atoms with Crippen LogP contribution >= 0.6 is 0 Å². The van der Waals surface area contributed by atoms with Crippen molar-refractivity contribution in [3.8, 4) is 0 Å². The van der Waals surface area contributed by atoms with E-state index in [9.17, 15) is 0 Å². The van der Waals surface area contributed by atoms with Crippen LogP contribution in [0.15, 0.2) is 133 Å². The summed E-state index contributed by atoms with van der Waals surface area (Å²) in [7, 11) is 0.271. The predicted molar refractivity (Wildman–Crippen MR) is 121 cm³/mol. The fourth-order valence-corrected chi connectivity index (χ4v) is 3.90. The van der Waals surface area contributed by atoms with E-state index in [0.29, 0.717) is 0 Å². The maximum atomic E-state index is 2.20. The van der Waals surface area contributed by atoms with E-state index in [1.807, 2.05) is 30.3 Å². The van der Waals surface area contributed by atoms with E-state index in [0.717, 1.165) is 0 Å². The molecular weight excluding hydrogens is 432 g/mol. The summed E-state index contributed by atoms with van der Waals surface area (Å²) < 4.78 is 0. The number of fused-ring (bicyclic) bond motifs is 1. The Bertz CT molecular complexity index is 901. The zero-order valence-electron chi connectivity index (χ0n) is 15.8. The second-order valence-electron chi connectivity index (χ2n) is 6.08. The summed E-state index contributed by atoms with van der Waals surface area (Å²) >= 11 is 0. The van der Waals surface area contributed by atoms with Gasteiger partial charge in [-0.15, -0.1) is 29.7 Å². The molecule has 0 N–H and O–H groups in total. The van der Waals surface area contributed by atoms with Crippen molar-refractivity contribution in [2.75, 3.05) is 0 Å². The van der Waals surface area contributed by atoms with Gasteiger partial charge in [-0.2, -0.15) is 35.7 Å². The second kappa shape index (κ2) is 13.0. The molecular formula is C26H23SiZr. The predicted octanol–water partition coefficient (Wildman–Crippen LogP) is 5.04. The third-order valence-corrected chi connectivity index (χ3v) is 5.47. The summed E-state index contributed by atoms with van der Waals surface area (Å²) in [5.41, 5.74) is 0. The summed E-state index contributed by atoms with van der Waals surface area (Å²) in [5, 5.41) is 5.57.